The van der Waals surface area contributed by atoms with Gasteiger partial charge in [0.2, 0.25) is 0 Å². The molecule has 0 spiro atoms. The summed E-state index contributed by atoms with van der Waals surface area (Å²) in [4.78, 5) is 18.2. The van der Waals surface area contributed by atoms with Crippen LogP contribution in [0, 0.1) is 0 Å². The number of hydrogen-bond donors (Lipinski definition) is 2. The average Bonchev–Trinajstić information content (AvgIpc) is 2.08. The van der Waals surface area contributed by atoms with Crippen LogP contribution >= 0.6 is 0 Å². The number of hydrogen-bond acceptors (Lipinski definition) is 4. The Labute approximate surface area is 72.2 Å². The van der Waals surface area contributed by atoms with Gasteiger partial charge in [0.15, 0.2) is 0 Å². The Morgan fingerprint density at radius 3 is 1.31 bits per heavy atom. The summed E-state index contributed by atoms with van der Waals surface area (Å²) in [5, 5.41) is 21.9. The Hall–Kier alpha value is -2.05. The Balaban J connectivity index is 0. The molecule has 0 bridgehead atoms. The second-order valence-corrected chi connectivity index (χ2v) is 1.52. The molecule has 0 aromatic carbocycles. The molecule has 0 unspecified atom stereocenters. The van der Waals surface area contributed by atoms with Gasteiger partial charge in [-0.25, -0.2) is 9.59 Å². The van der Waals surface area contributed by atoms with Gasteiger partial charge in [-0.2, -0.15) is 10.2 Å². The molecule has 1 rings (SSSR count). The molecule has 6 nitrogen and oxygen atoms in total. The highest BCUT2D eigenvalue weighted by Gasteiger charge is 2.04. The molecule has 1 aromatic heterocycles. The van der Waals surface area contributed by atoms with Gasteiger partial charge in [0.1, 0.15) is 0 Å². The van der Waals surface area contributed by atoms with Crippen molar-refractivity contribution in [2.24, 2.45) is 0 Å². The highest BCUT2D eigenvalue weighted by Crippen LogP contribution is 1.68. The van der Waals surface area contributed by atoms with Gasteiger partial charge in [-0.05, 0) is 12.1 Å². The maximum Gasteiger partial charge on any atom is 0.414 e. The molecule has 0 saturated carbocycles. The maximum absolute atomic E-state index is 9.10. The molecule has 72 valence electrons. The molecule has 7 heteroatoms. The standard InChI is InChI=1S/C4H4N2.C2H2O4.FH/c1-2-4-6-5-3-1;3-1(4)2(5)6;/h1-4H;(H,3,4)(H,5,6);1H. The normalized spacial score (nSPS) is 7.08. The number of aromatic nitrogens is 2. The van der Waals surface area contributed by atoms with Gasteiger partial charge in [0, 0.05) is 12.4 Å². The van der Waals surface area contributed by atoms with Crippen LogP contribution in [0.2, 0.25) is 0 Å². The van der Waals surface area contributed by atoms with Crippen LogP contribution in [0.1, 0.15) is 0 Å². The lowest BCUT2D eigenvalue weighted by molar-refractivity contribution is -0.159. The number of nitrogens with zero attached hydrogens (tertiary/aromatic N) is 2. The first-order valence-electron chi connectivity index (χ1n) is 2.82. The summed E-state index contributed by atoms with van der Waals surface area (Å²) in [6, 6.07) is 3.65. The summed E-state index contributed by atoms with van der Waals surface area (Å²) < 4.78 is 0. The van der Waals surface area contributed by atoms with Crippen molar-refractivity contribution in [3.8, 4) is 0 Å². The minimum Gasteiger partial charge on any atom is -0.473 e. The molecule has 0 fully saturated rings. The molecule has 13 heavy (non-hydrogen) atoms. The van der Waals surface area contributed by atoms with E-state index in [-0.39, 0.29) is 4.70 Å². The molecule has 0 aliphatic carbocycles. The van der Waals surface area contributed by atoms with Crippen LogP contribution in [0.4, 0.5) is 4.70 Å². The fourth-order valence-corrected chi connectivity index (χ4v) is 0.253. The van der Waals surface area contributed by atoms with Gasteiger partial charge in [-0.3, -0.25) is 4.70 Å². The predicted octanol–water partition coefficient (Wildman–Crippen LogP) is -0.215. The summed E-state index contributed by atoms with van der Waals surface area (Å²) in [5.41, 5.74) is 0. The van der Waals surface area contributed by atoms with Crippen LogP contribution in [0.3, 0.4) is 0 Å². The van der Waals surface area contributed by atoms with E-state index < -0.39 is 11.9 Å². The van der Waals surface area contributed by atoms with Gasteiger partial charge >= 0.3 is 11.9 Å². The monoisotopic (exact) mass is 190 g/mol. The Morgan fingerprint density at radius 2 is 1.23 bits per heavy atom. The van der Waals surface area contributed by atoms with E-state index in [1.807, 2.05) is 12.1 Å². The first-order chi connectivity index (χ1) is 5.64. The molecule has 0 atom stereocenters. The van der Waals surface area contributed by atoms with Crippen molar-refractivity contribution in [1.82, 2.24) is 10.2 Å². The Bertz CT molecular complexity index is 215. The van der Waals surface area contributed by atoms with E-state index in [4.69, 9.17) is 19.8 Å². The van der Waals surface area contributed by atoms with Crippen LogP contribution in [0.15, 0.2) is 24.5 Å². The van der Waals surface area contributed by atoms with E-state index in [0.717, 1.165) is 0 Å². The second-order valence-electron chi connectivity index (χ2n) is 1.52. The largest absolute Gasteiger partial charge is 0.473 e. The first kappa shape index (κ1) is 13.5. The Kier molecular flexibility index (Phi) is 8.38. The van der Waals surface area contributed by atoms with Crippen molar-refractivity contribution in [1.29, 1.82) is 0 Å². The van der Waals surface area contributed by atoms with Crippen molar-refractivity contribution in [3.63, 3.8) is 0 Å². The third-order valence-electron chi connectivity index (χ3n) is 0.666. The number of halogens is 1. The van der Waals surface area contributed by atoms with Gasteiger partial charge in [0.05, 0.1) is 0 Å². The number of carbonyl (C=O) groups is 2. The quantitative estimate of drug-likeness (QED) is 0.548. The minimum atomic E-state index is -1.82. The summed E-state index contributed by atoms with van der Waals surface area (Å²) >= 11 is 0. The Morgan fingerprint density at radius 1 is 0.923 bits per heavy atom. The van der Waals surface area contributed by atoms with Crippen molar-refractivity contribution in [2.75, 3.05) is 0 Å². The average molecular weight is 190 g/mol. The van der Waals surface area contributed by atoms with Crippen molar-refractivity contribution in [2.45, 2.75) is 0 Å². The zero-order chi connectivity index (χ0) is 9.40. The number of aliphatic carboxylic acids is 2. The molecule has 1 aromatic rings. The van der Waals surface area contributed by atoms with E-state index in [0.29, 0.717) is 0 Å². The van der Waals surface area contributed by atoms with Gasteiger partial charge in [0.25, 0.3) is 0 Å². The molecule has 0 aliphatic rings. The van der Waals surface area contributed by atoms with Crippen molar-refractivity contribution >= 4 is 11.9 Å². The summed E-state index contributed by atoms with van der Waals surface area (Å²) in [7, 11) is 0. The minimum absolute atomic E-state index is 0. The van der Waals surface area contributed by atoms with Crippen LogP contribution in [-0.4, -0.2) is 32.3 Å². The maximum atomic E-state index is 9.10. The van der Waals surface area contributed by atoms with E-state index >= 15 is 0 Å². The smallest absolute Gasteiger partial charge is 0.414 e. The number of carboxylic acid groups (broad SMARTS) is 2. The fourth-order valence-electron chi connectivity index (χ4n) is 0.253. The summed E-state index contributed by atoms with van der Waals surface area (Å²) in [6.45, 7) is 0. The van der Waals surface area contributed by atoms with E-state index in [1.165, 1.54) is 0 Å². The van der Waals surface area contributed by atoms with Crippen LogP contribution in [0.25, 0.3) is 0 Å². The molecule has 0 radical (unpaired) electrons. The molecule has 0 amide bonds. The van der Waals surface area contributed by atoms with Crippen molar-refractivity contribution < 1.29 is 24.5 Å². The number of carboxylic acids is 2. The van der Waals surface area contributed by atoms with Crippen LogP contribution < -0.4 is 0 Å². The molecular formula is C6H7FN2O4. The topological polar surface area (TPSA) is 100 Å². The second kappa shape index (κ2) is 8.05. The van der Waals surface area contributed by atoms with Crippen molar-refractivity contribution in [3.05, 3.63) is 24.5 Å². The number of rotatable bonds is 0. The summed E-state index contributed by atoms with van der Waals surface area (Å²) in [5.74, 6) is -3.65. The molecule has 2 N–H and O–H groups in total. The highest BCUT2D eigenvalue weighted by atomic mass is 19.0. The van der Waals surface area contributed by atoms with Crippen LogP contribution in [-0.2, 0) is 9.59 Å². The van der Waals surface area contributed by atoms with Crippen LogP contribution in [0.5, 0.6) is 0 Å². The SMILES string of the molecule is F.O=C(O)C(=O)O.c1ccnnc1. The van der Waals surface area contributed by atoms with E-state index in [2.05, 4.69) is 10.2 Å². The van der Waals surface area contributed by atoms with E-state index in [9.17, 15) is 0 Å². The first-order valence-corrected chi connectivity index (χ1v) is 2.82. The predicted molar refractivity (Wildman–Crippen MR) is 39.8 cm³/mol. The van der Waals surface area contributed by atoms with Gasteiger partial charge in [-0.15, -0.1) is 0 Å². The lowest BCUT2D eigenvalue weighted by atomic mass is 10.6. The lowest BCUT2D eigenvalue weighted by Crippen LogP contribution is -2.09. The molecule has 0 saturated heterocycles. The molecular weight excluding hydrogens is 183 g/mol. The van der Waals surface area contributed by atoms with E-state index in [1.54, 1.807) is 12.4 Å². The zero-order valence-electron chi connectivity index (χ0n) is 6.32. The highest BCUT2D eigenvalue weighted by molar-refractivity contribution is 6.27. The molecule has 1 heterocycles. The van der Waals surface area contributed by atoms with Gasteiger partial charge < -0.3 is 10.2 Å². The lowest BCUT2D eigenvalue weighted by Gasteiger charge is -1.72. The zero-order valence-corrected chi connectivity index (χ0v) is 6.32. The molecule has 0 aliphatic heterocycles. The van der Waals surface area contributed by atoms with Gasteiger partial charge in [-0.1, -0.05) is 0 Å². The third-order valence-corrected chi connectivity index (χ3v) is 0.666. The third kappa shape index (κ3) is 9.95. The summed E-state index contributed by atoms with van der Waals surface area (Å²) in [6.07, 6.45) is 3.28. The fraction of sp³-hybridized carbons (Fsp3) is 0.